The molecule has 32 heavy (non-hydrogen) atoms. The summed E-state index contributed by atoms with van der Waals surface area (Å²) < 4.78 is 39.9. The van der Waals surface area contributed by atoms with Crippen molar-refractivity contribution in [2.75, 3.05) is 31.1 Å². The number of nitrogens with zero attached hydrogens (tertiary/aromatic N) is 3. The molecule has 2 heterocycles. The zero-order valence-corrected chi connectivity index (χ0v) is 18.5. The van der Waals surface area contributed by atoms with Gasteiger partial charge in [-0.15, -0.1) is 0 Å². The van der Waals surface area contributed by atoms with Gasteiger partial charge in [0, 0.05) is 32.4 Å². The Hall–Kier alpha value is -2.81. The number of nitrogens with one attached hydrogen (secondary N) is 1. The number of amides is 2. The number of alkyl halides is 3. The van der Waals surface area contributed by atoms with Crippen molar-refractivity contribution in [2.24, 2.45) is 5.92 Å². The molecule has 1 atom stereocenters. The fourth-order valence-electron chi connectivity index (χ4n) is 3.58. The number of aromatic nitrogens is 1. The van der Waals surface area contributed by atoms with Gasteiger partial charge < -0.3 is 15.1 Å². The summed E-state index contributed by atoms with van der Waals surface area (Å²) >= 11 is 6.08. The quantitative estimate of drug-likeness (QED) is 0.723. The van der Waals surface area contributed by atoms with Crippen LogP contribution >= 0.6 is 11.6 Å². The van der Waals surface area contributed by atoms with E-state index in [0.717, 1.165) is 6.07 Å². The van der Waals surface area contributed by atoms with E-state index in [1.165, 1.54) is 17.2 Å². The number of piperazine rings is 1. The molecule has 3 rings (SSSR count). The van der Waals surface area contributed by atoms with Crippen LogP contribution < -0.4 is 10.2 Å². The van der Waals surface area contributed by atoms with Gasteiger partial charge in [-0.1, -0.05) is 37.6 Å². The van der Waals surface area contributed by atoms with Gasteiger partial charge in [0.25, 0.3) is 5.91 Å². The topological polar surface area (TPSA) is 65.5 Å². The summed E-state index contributed by atoms with van der Waals surface area (Å²) in [6.07, 6.45) is -3.19. The van der Waals surface area contributed by atoms with Crippen molar-refractivity contribution >= 4 is 29.2 Å². The maximum absolute atomic E-state index is 13.3. The summed E-state index contributed by atoms with van der Waals surface area (Å²) in [5.41, 5.74) is -0.529. The number of carbonyl (C=O) groups is 2. The summed E-state index contributed by atoms with van der Waals surface area (Å²) in [7, 11) is 0. The van der Waals surface area contributed by atoms with Crippen LogP contribution in [-0.4, -0.2) is 53.9 Å². The van der Waals surface area contributed by atoms with Gasteiger partial charge in [-0.05, 0) is 30.2 Å². The van der Waals surface area contributed by atoms with Crippen molar-refractivity contribution in [1.82, 2.24) is 15.2 Å². The third-order valence-electron chi connectivity index (χ3n) is 5.32. The Morgan fingerprint density at radius 1 is 1.06 bits per heavy atom. The molecular formula is C22H24ClF3N4O2. The normalized spacial score (nSPS) is 15.6. The highest BCUT2D eigenvalue weighted by Crippen LogP contribution is 2.35. The molecule has 0 bridgehead atoms. The highest BCUT2D eigenvalue weighted by Gasteiger charge is 2.37. The predicted molar refractivity (Wildman–Crippen MR) is 116 cm³/mol. The number of rotatable bonds is 5. The van der Waals surface area contributed by atoms with Gasteiger partial charge in [0.2, 0.25) is 5.91 Å². The molecule has 1 unspecified atom stereocenters. The number of pyridine rings is 1. The molecule has 0 spiro atoms. The highest BCUT2D eigenvalue weighted by atomic mass is 35.5. The third kappa shape index (κ3) is 5.32. The lowest BCUT2D eigenvalue weighted by atomic mass is 10.0. The first-order valence-corrected chi connectivity index (χ1v) is 10.6. The fourth-order valence-corrected chi connectivity index (χ4v) is 3.81. The zero-order valence-electron chi connectivity index (χ0n) is 17.7. The summed E-state index contributed by atoms with van der Waals surface area (Å²) in [6.45, 7) is 4.48. The number of hydrogen-bond acceptors (Lipinski definition) is 4. The summed E-state index contributed by atoms with van der Waals surface area (Å²) in [4.78, 5) is 32.8. The van der Waals surface area contributed by atoms with E-state index < -0.39 is 23.7 Å². The van der Waals surface area contributed by atoms with Crippen LogP contribution in [0.3, 0.4) is 0 Å². The second kappa shape index (κ2) is 9.77. The van der Waals surface area contributed by atoms with Crippen LogP contribution in [0.25, 0.3) is 0 Å². The van der Waals surface area contributed by atoms with Crippen LogP contribution in [0.1, 0.15) is 29.8 Å². The standard InChI is InChI=1S/C22H24ClF3N4O2/c1-14(2)18(28-20(31)15-6-3-4-8-17(15)23)21(32)30-12-10-29(11-13-30)19-16(22(24,25)26)7-5-9-27-19/h3-9,14,18H,10-13H2,1-2H3,(H,28,31). The SMILES string of the molecule is CC(C)C(NC(=O)c1ccccc1Cl)C(=O)N1CCN(c2ncccc2C(F)(F)F)CC1. The Labute approximate surface area is 189 Å². The molecule has 1 saturated heterocycles. The average Bonchev–Trinajstić information content (AvgIpc) is 2.76. The lowest BCUT2D eigenvalue weighted by molar-refractivity contribution is -0.138. The van der Waals surface area contributed by atoms with E-state index in [0.29, 0.717) is 0 Å². The largest absolute Gasteiger partial charge is 0.419 e. The molecule has 1 N–H and O–H groups in total. The molecule has 0 aliphatic carbocycles. The Kier molecular flexibility index (Phi) is 7.28. The number of hydrogen-bond donors (Lipinski definition) is 1. The Morgan fingerprint density at radius 2 is 1.72 bits per heavy atom. The van der Waals surface area contributed by atoms with Crippen LogP contribution in [0.4, 0.5) is 19.0 Å². The molecular weight excluding hydrogens is 445 g/mol. The lowest BCUT2D eigenvalue weighted by Gasteiger charge is -2.38. The van der Waals surface area contributed by atoms with Gasteiger partial charge in [-0.3, -0.25) is 9.59 Å². The van der Waals surface area contributed by atoms with Gasteiger partial charge in [0.1, 0.15) is 11.9 Å². The van der Waals surface area contributed by atoms with E-state index in [4.69, 9.17) is 11.6 Å². The highest BCUT2D eigenvalue weighted by molar-refractivity contribution is 6.33. The smallest absolute Gasteiger partial charge is 0.353 e. The van der Waals surface area contributed by atoms with Crippen LogP contribution in [0.5, 0.6) is 0 Å². The molecule has 0 radical (unpaired) electrons. The molecule has 6 nitrogen and oxygen atoms in total. The van der Waals surface area contributed by atoms with Gasteiger partial charge >= 0.3 is 6.18 Å². The molecule has 0 saturated carbocycles. The second-order valence-electron chi connectivity index (χ2n) is 7.86. The van der Waals surface area contributed by atoms with E-state index in [1.54, 1.807) is 29.2 Å². The summed E-state index contributed by atoms with van der Waals surface area (Å²) in [6, 6.07) is 8.01. The van der Waals surface area contributed by atoms with Gasteiger partial charge in [0.15, 0.2) is 0 Å². The minimum Gasteiger partial charge on any atom is -0.353 e. The fraction of sp³-hybridized carbons (Fsp3) is 0.409. The van der Waals surface area contributed by atoms with E-state index >= 15 is 0 Å². The van der Waals surface area contributed by atoms with Gasteiger partial charge in [-0.2, -0.15) is 13.2 Å². The van der Waals surface area contributed by atoms with E-state index in [-0.39, 0.29) is 54.4 Å². The Morgan fingerprint density at radius 3 is 2.31 bits per heavy atom. The molecule has 1 fully saturated rings. The predicted octanol–water partition coefficient (Wildman–Crippen LogP) is 3.86. The maximum atomic E-state index is 13.3. The van der Waals surface area contributed by atoms with E-state index in [9.17, 15) is 22.8 Å². The second-order valence-corrected chi connectivity index (χ2v) is 8.27. The first-order valence-electron chi connectivity index (χ1n) is 10.2. The van der Waals surface area contributed by atoms with Crippen molar-refractivity contribution in [1.29, 1.82) is 0 Å². The molecule has 10 heteroatoms. The van der Waals surface area contributed by atoms with Crippen molar-refractivity contribution < 1.29 is 22.8 Å². The summed E-state index contributed by atoms with van der Waals surface area (Å²) in [5, 5.41) is 3.04. The van der Waals surface area contributed by atoms with Gasteiger partial charge in [0.05, 0.1) is 16.1 Å². The van der Waals surface area contributed by atoms with Crippen LogP contribution in [0.2, 0.25) is 5.02 Å². The lowest BCUT2D eigenvalue weighted by Crippen LogP contribution is -2.56. The first-order chi connectivity index (χ1) is 15.1. The molecule has 1 aliphatic rings. The molecule has 2 amide bonds. The average molecular weight is 469 g/mol. The van der Waals surface area contributed by atoms with Crippen molar-refractivity contribution in [3.63, 3.8) is 0 Å². The van der Waals surface area contributed by atoms with Crippen LogP contribution in [0, 0.1) is 5.92 Å². The molecule has 2 aromatic rings. The van der Waals surface area contributed by atoms with E-state index in [2.05, 4.69) is 10.3 Å². The minimum absolute atomic E-state index is 0.139. The first kappa shape index (κ1) is 23.8. The Bertz CT molecular complexity index is 976. The van der Waals surface area contributed by atoms with Crippen LogP contribution in [0.15, 0.2) is 42.6 Å². The number of carbonyl (C=O) groups excluding carboxylic acids is 2. The van der Waals surface area contributed by atoms with E-state index in [1.807, 2.05) is 13.8 Å². The number of halogens is 4. The van der Waals surface area contributed by atoms with Crippen molar-refractivity contribution in [3.05, 3.63) is 58.7 Å². The summed E-state index contributed by atoms with van der Waals surface area (Å²) in [5.74, 6) is -1.07. The molecule has 1 aliphatic heterocycles. The minimum atomic E-state index is -4.51. The maximum Gasteiger partial charge on any atom is 0.419 e. The molecule has 172 valence electrons. The zero-order chi connectivity index (χ0) is 23.5. The van der Waals surface area contributed by atoms with Gasteiger partial charge in [-0.25, -0.2) is 4.98 Å². The third-order valence-corrected chi connectivity index (χ3v) is 5.65. The van der Waals surface area contributed by atoms with Crippen molar-refractivity contribution in [2.45, 2.75) is 26.1 Å². The Balaban J connectivity index is 1.68. The monoisotopic (exact) mass is 468 g/mol. The number of benzene rings is 1. The number of anilines is 1. The molecule has 1 aromatic heterocycles. The van der Waals surface area contributed by atoms with Crippen LogP contribution in [-0.2, 0) is 11.0 Å². The van der Waals surface area contributed by atoms with Crippen molar-refractivity contribution in [3.8, 4) is 0 Å². The molecule has 1 aromatic carbocycles.